The fraction of sp³-hybridized carbons (Fsp3) is 0.565. The van der Waals surface area contributed by atoms with Gasteiger partial charge in [0.15, 0.2) is 0 Å². The maximum atomic E-state index is 13.8. The molecule has 2 saturated heterocycles. The van der Waals surface area contributed by atoms with Crippen molar-refractivity contribution < 1.29 is 33.1 Å². The summed E-state index contributed by atoms with van der Waals surface area (Å²) in [5, 5.41) is 5.76. The number of halogens is 1. The third-order valence-electron chi connectivity index (χ3n) is 6.09. The average molecular weight is 481 g/mol. The Balaban J connectivity index is 1.81. The number of likely N-dealkylation sites (tertiary alicyclic amines) is 1. The minimum atomic E-state index is -0.955. The number of nitrogens with zero attached hydrogens (tertiary/aromatic N) is 1. The van der Waals surface area contributed by atoms with Crippen molar-refractivity contribution in [3.05, 3.63) is 34.9 Å². The molecule has 0 saturated carbocycles. The summed E-state index contributed by atoms with van der Waals surface area (Å²) in [4.78, 5) is 51.8. The van der Waals surface area contributed by atoms with E-state index in [1.165, 1.54) is 0 Å². The summed E-state index contributed by atoms with van der Waals surface area (Å²) in [6.45, 7) is 6.37. The Bertz CT molecular complexity index is 915. The number of carbonyl (C=O) groups excluding carboxylic acids is 4. The SMILES string of the molecule is CCO[C@H]1CC(=O)O[C@H]1NC(=O)[N+]1(C(=O)[C@@H](NC(=O)c2ccccc2Cl)C(C)C)CCCC1. The number of urea groups is 1. The van der Waals surface area contributed by atoms with Crippen LogP contribution in [0.2, 0.25) is 5.02 Å². The number of quaternary nitrogens is 1. The fourth-order valence-electron chi connectivity index (χ4n) is 4.31. The highest BCUT2D eigenvalue weighted by atomic mass is 35.5. The maximum absolute atomic E-state index is 13.8. The summed E-state index contributed by atoms with van der Waals surface area (Å²) < 4.78 is 10.3. The van der Waals surface area contributed by atoms with E-state index in [0.29, 0.717) is 32.5 Å². The first kappa shape index (κ1) is 25.1. The van der Waals surface area contributed by atoms with Crippen LogP contribution in [-0.4, -0.2) is 66.4 Å². The third kappa shape index (κ3) is 5.37. The minimum absolute atomic E-state index is 0.0369. The molecule has 0 aliphatic carbocycles. The van der Waals surface area contributed by atoms with Gasteiger partial charge in [0, 0.05) is 19.4 Å². The first-order valence-electron chi connectivity index (χ1n) is 11.3. The van der Waals surface area contributed by atoms with Crippen LogP contribution < -0.4 is 10.6 Å². The lowest BCUT2D eigenvalue weighted by molar-refractivity contribution is -0.761. The highest BCUT2D eigenvalue weighted by molar-refractivity contribution is 6.33. The quantitative estimate of drug-likeness (QED) is 0.458. The van der Waals surface area contributed by atoms with E-state index in [2.05, 4.69) is 10.6 Å². The van der Waals surface area contributed by atoms with Crippen LogP contribution in [0.25, 0.3) is 0 Å². The van der Waals surface area contributed by atoms with Crippen molar-refractivity contribution in [2.24, 2.45) is 5.92 Å². The number of rotatable bonds is 7. The summed E-state index contributed by atoms with van der Waals surface area (Å²) >= 11 is 6.15. The van der Waals surface area contributed by atoms with Gasteiger partial charge in [-0.05, 0) is 25.0 Å². The molecule has 2 aliphatic heterocycles. The third-order valence-corrected chi connectivity index (χ3v) is 6.42. The molecule has 180 valence electrons. The van der Waals surface area contributed by atoms with Crippen LogP contribution in [0.4, 0.5) is 4.79 Å². The lowest BCUT2D eigenvalue weighted by atomic mass is 10.0. The van der Waals surface area contributed by atoms with Crippen LogP contribution in [0.5, 0.6) is 0 Å². The largest absolute Gasteiger partial charge is 0.439 e. The minimum Gasteiger partial charge on any atom is -0.439 e. The van der Waals surface area contributed by atoms with Gasteiger partial charge in [-0.3, -0.25) is 14.9 Å². The molecule has 0 unspecified atom stereocenters. The number of hydrogen-bond acceptors (Lipinski definition) is 6. The van der Waals surface area contributed by atoms with Crippen LogP contribution >= 0.6 is 11.6 Å². The molecule has 2 fully saturated rings. The number of amides is 4. The summed E-state index contributed by atoms with van der Waals surface area (Å²) in [5.41, 5.74) is 0.257. The molecule has 33 heavy (non-hydrogen) atoms. The monoisotopic (exact) mass is 480 g/mol. The van der Waals surface area contributed by atoms with Crippen LogP contribution in [0.3, 0.4) is 0 Å². The molecule has 0 spiro atoms. The van der Waals surface area contributed by atoms with Crippen molar-refractivity contribution in [3.63, 3.8) is 0 Å². The molecule has 3 rings (SSSR count). The van der Waals surface area contributed by atoms with Crippen LogP contribution in [0.1, 0.15) is 50.4 Å². The van der Waals surface area contributed by atoms with E-state index >= 15 is 0 Å². The number of carbonyl (C=O) groups is 4. The van der Waals surface area contributed by atoms with Crippen molar-refractivity contribution in [1.29, 1.82) is 0 Å². The standard InChI is InChI=1S/C23H30ClN3O6/c1-4-32-17-13-18(28)33-21(17)26-23(31)27(11-7-8-12-27)22(30)19(14(2)3)25-20(29)15-9-5-6-10-16(15)24/h5-6,9-10,14,17,19,21H,4,7-8,11-13H2,1-3H3,(H-,25,26,29,31)/p+1/t17-,19-,21+/m0/s1. The van der Waals surface area contributed by atoms with Gasteiger partial charge in [0.05, 0.1) is 30.1 Å². The lowest BCUT2D eigenvalue weighted by Crippen LogP contribution is -2.67. The maximum Gasteiger partial charge on any atom is 0.427 e. The molecule has 2 heterocycles. The number of benzene rings is 1. The van der Waals surface area contributed by atoms with Gasteiger partial charge in [0.25, 0.3) is 5.91 Å². The second-order valence-electron chi connectivity index (χ2n) is 8.69. The van der Waals surface area contributed by atoms with Gasteiger partial charge in [-0.2, -0.15) is 4.48 Å². The van der Waals surface area contributed by atoms with Gasteiger partial charge in [-0.15, -0.1) is 0 Å². The van der Waals surface area contributed by atoms with Crippen molar-refractivity contribution >= 4 is 35.4 Å². The molecule has 2 aliphatic rings. The van der Waals surface area contributed by atoms with E-state index in [0.717, 1.165) is 0 Å². The van der Waals surface area contributed by atoms with Gasteiger partial charge in [0.1, 0.15) is 12.1 Å². The van der Waals surface area contributed by atoms with E-state index in [1.54, 1.807) is 31.2 Å². The molecule has 1 aromatic carbocycles. The number of esters is 1. The molecule has 1 aromatic rings. The number of ether oxygens (including phenoxy) is 2. The molecule has 9 nitrogen and oxygen atoms in total. The molecular weight excluding hydrogens is 450 g/mol. The second-order valence-corrected chi connectivity index (χ2v) is 9.10. The number of imide groups is 1. The zero-order valence-electron chi connectivity index (χ0n) is 19.1. The average Bonchev–Trinajstić information content (AvgIpc) is 3.39. The van der Waals surface area contributed by atoms with E-state index in [4.69, 9.17) is 21.1 Å². The van der Waals surface area contributed by atoms with E-state index in [-0.39, 0.29) is 22.9 Å². The normalized spacial score (nSPS) is 22.6. The lowest BCUT2D eigenvalue weighted by Gasteiger charge is -2.34. The van der Waals surface area contributed by atoms with Crippen LogP contribution in [0, 0.1) is 5.92 Å². The molecule has 10 heteroatoms. The first-order chi connectivity index (χ1) is 15.7. The van der Waals surface area contributed by atoms with Crippen molar-refractivity contribution in [1.82, 2.24) is 10.6 Å². The van der Waals surface area contributed by atoms with Crippen molar-refractivity contribution in [3.8, 4) is 0 Å². The number of cyclic esters (lactones) is 1. The molecule has 2 N–H and O–H groups in total. The Morgan fingerprint density at radius 2 is 1.88 bits per heavy atom. The Morgan fingerprint density at radius 1 is 1.21 bits per heavy atom. The van der Waals surface area contributed by atoms with Crippen LogP contribution in [-0.2, 0) is 19.1 Å². The topological polar surface area (TPSA) is 111 Å². The smallest absolute Gasteiger partial charge is 0.427 e. The summed E-state index contributed by atoms with van der Waals surface area (Å²) in [7, 11) is 0. The zero-order chi connectivity index (χ0) is 24.2. The summed E-state index contributed by atoms with van der Waals surface area (Å²) in [5.74, 6) is -1.62. The molecule has 0 radical (unpaired) electrons. The van der Waals surface area contributed by atoms with Gasteiger partial charge in [-0.1, -0.05) is 37.6 Å². The Morgan fingerprint density at radius 3 is 2.48 bits per heavy atom. The zero-order valence-corrected chi connectivity index (χ0v) is 19.9. The Kier molecular flexibility index (Phi) is 8.10. The summed E-state index contributed by atoms with van der Waals surface area (Å²) in [6.07, 6.45) is -0.160. The summed E-state index contributed by atoms with van der Waals surface area (Å²) in [6, 6.07) is 5.11. The highest BCUT2D eigenvalue weighted by Crippen LogP contribution is 2.26. The fourth-order valence-corrected chi connectivity index (χ4v) is 4.53. The number of nitrogens with one attached hydrogen (secondary N) is 2. The predicted octanol–water partition coefficient (Wildman–Crippen LogP) is 2.62. The van der Waals surface area contributed by atoms with Crippen LogP contribution in [0.15, 0.2) is 24.3 Å². The van der Waals surface area contributed by atoms with Gasteiger partial charge < -0.3 is 14.8 Å². The molecule has 4 amide bonds. The van der Waals surface area contributed by atoms with Gasteiger partial charge in [-0.25, -0.2) is 9.59 Å². The Labute approximate surface area is 198 Å². The second kappa shape index (κ2) is 10.6. The number of hydrogen-bond donors (Lipinski definition) is 2. The first-order valence-corrected chi connectivity index (χ1v) is 11.7. The van der Waals surface area contributed by atoms with Gasteiger partial charge >= 0.3 is 17.9 Å². The molecule has 0 bridgehead atoms. The Hall–Kier alpha value is -2.49. The van der Waals surface area contributed by atoms with E-state index in [9.17, 15) is 19.2 Å². The molecule has 0 aromatic heterocycles. The predicted molar refractivity (Wildman–Crippen MR) is 120 cm³/mol. The van der Waals surface area contributed by atoms with Crippen molar-refractivity contribution in [2.75, 3.05) is 19.7 Å². The van der Waals surface area contributed by atoms with Gasteiger partial charge in [0.2, 0.25) is 6.23 Å². The van der Waals surface area contributed by atoms with Crippen molar-refractivity contribution in [2.45, 2.75) is 58.4 Å². The molecule has 3 atom stereocenters. The molecular formula is C23H31ClN3O6+. The van der Waals surface area contributed by atoms with E-state index < -0.39 is 46.7 Å². The highest BCUT2D eigenvalue weighted by Gasteiger charge is 2.53. The van der Waals surface area contributed by atoms with E-state index in [1.807, 2.05) is 13.8 Å².